The Labute approximate surface area is 185 Å². The van der Waals surface area contributed by atoms with Crippen molar-refractivity contribution in [3.8, 4) is 0 Å². The van der Waals surface area contributed by atoms with Crippen LogP contribution in [0.3, 0.4) is 0 Å². The molecule has 3 rings (SSSR count). The van der Waals surface area contributed by atoms with Crippen molar-refractivity contribution in [3.63, 3.8) is 0 Å². The van der Waals surface area contributed by atoms with Gasteiger partial charge in [0.05, 0.1) is 10.6 Å². The van der Waals surface area contributed by atoms with Gasteiger partial charge in [0.25, 0.3) is 0 Å². The molecule has 0 spiro atoms. The summed E-state index contributed by atoms with van der Waals surface area (Å²) in [6, 6.07) is 0.878. The van der Waals surface area contributed by atoms with Crippen LogP contribution in [0.15, 0.2) is 12.3 Å². The van der Waals surface area contributed by atoms with Crippen LogP contribution in [0.2, 0.25) is 5.02 Å². The minimum absolute atomic E-state index is 0.0525. The van der Waals surface area contributed by atoms with Gasteiger partial charge >= 0.3 is 6.18 Å². The predicted molar refractivity (Wildman–Crippen MR) is 112 cm³/mol. The van der Waals surface area contributed by atoms with E-state index < -0.39 is 11.7 Å². The van der Waals surface area contributed by atoms with E-state index in [2.05, 4.69) is 17.2 Å². The van der Waals surface area contributed by atoms with Gasteiger partial charge in [-0.05, 0) is 37.7 Å². The maximum atomic E-state index is 12.8. The van der Waals surface area contributed by atoms with Crippen LogP contribution in [-0.2, 0) is 15.8 Å². The standard InChI is InChI=1S/C21H28ClF3N4O2/c1-14-3-2-8-29(13-14)18(30)4-7-26-20(31)15-5-9-28(10-6-15)19-17(22)11-16(12-27-19)21(23,24)25/h11-12,14-15H,2-10,13H2,1H3,(H,26,31). The van der Waals surface area contributed by atoms with Crippen molar-refractivity contribution >= 4 is 29.2 Å². The number of hydrogen-bond acceptors (Lipinski definition) is 4. The minimum Gasteiger partial charge on any atom is -0.355 e. The van der Waals surface area contributed by atoms with Crippen molar-refractivity contribution in [1.82, 2.24) is 15.2 Å². The number of piperidine rings is 2. The van der Waals surface area contributed by atoms with Crippen molar-refractivity contribution < 1.29 is 22.8 Å². The largest absolute Gasteiger partial charge is 0.417 e. The van der Waals surface area contributed by atoms with Gasteiger partial charge in [-0.3, -0.25) is 9.59 Å². The van der Waals surface area contributed by atoms with Crippen LogP contribution in [0.1, 0.15) is 44.6 Å². The SMILES string of the molecule is CC1CCCN(C(=O)CCNC(=O)C2CCN(c3ncc(C(F)(F)F)cc3Cl)CC2)C1. The summed E-state index contributed by atoms with van der Waals surface area (Å²) < 4.78 is 38.3. The molecule has 0 saturated carbocycles. The Kier molecular flexibility index (Phi) is 7.67. The zero-order chi connectivity index (χ0) is 22.6. The van der Waals surface area contributed by atoms with Crippen molar-refractivity contribution in [3.05, 3.63) is 22.8 Å². The average Bonchev–Trinajstić information content (AvgIpc) is 2.73. The summed E-state index contributed by atoms with van der Waals surface area (Å²) in [6.07, 6.45) is -0.163. The lowest BCUT2D eigenvalue weighted by molar-refractivity contribution is -0.138. The normalized spacial score (nSPS) is 20.6. The Balaban J connectivity index is 1.43. The van der Waals surface area contributed by atoms with Gasteiger partial charge in [0, 0.05) is 51.3 Å². The number of amides is 2. The fourth-order valence-corrected chi connectivity index (χ4v) is 4.47. The molecule has 0 bridgehead atoms. The molecular formula is C21H28ClF3N4O2. The number of pyridine rings is 1. The molecule has 0 radical (unpaired) electrons. The van der Waals surface area contributed by atoms with Crippen molar-refractivity contribution in [2.24, 2.45) is 11.8 Å². The highest BCUT2D eigenvalue weighted by Gasteiger charge is 2.33. The Morgan fingerprint density at radius 1 is 1.23 bits per heavy atom. The zero-order valence-corrected chi connectivity index (χ0v) is 18.3. The molecule has 2 aliphatic heterocycles. The summed E-state index contributed by atoms with van der Waals surface area (Å²) in [5.74, 6) is 0.602. The molecule has 2 saturated heterocycles. The van der Waals surface area contributed by atoms with Crippen molar-refractivity contribution in [2.75, 3.05) is 37.6 Å². The van der Waals surface area contributed by atoms with Crippen molar-refractivity contribution in [1.29, 1.82) is 0 Å². The number of carbonyl (C=O) groups is 2. The van der Waals surface area contributed by atoms with Gasteiger partial charge in [-0.2, -0.15) is 13.2 Å². The molecule has 1 aromatic heterocycles. The highest BCUT2D eigenvalue weighted by Crippen LogP contribution is 2.34. The van der Waals surface area contributed by atoms with Gasteiger partial charge in [-0.25, -0.2) is 4.98 Å². The van der Waals surface area contributed by atoms with Crippen LogP contribution < -0.4 is 10.2 Å². The maximum Gasteiger partial charge on any atom is 0.417 e. The topological polar surface area (TPSA) is 65.5 Å². The number of aromatic nitrogens is 1. The van der Waals surface area contributed by atoms with Crippen LogP contribution >= 0.6 is 11.6 Å². The fraction of sp³-hybridized carbons (Fsp3) is 0.667. The molecular weight excluding hydrogens is 433 g/mol. The molecule has 6 nitrogen and oxygen atoms in total. The Hall–Kier alpha value is -2.03. The zero-order valence-electron chi connectivity index (χ0n) is 17.6. The quantitative estimate of drug-likeness (QED) is 0.727. The number of nitrogens with zero attached hydrogens (tertiary/aromatic N) is 3. The molecule has 0 aromatic carbocycles. The molecule has 1 atom stereocenters. The van der Waals surface area contributed by atoms with E-state index in [9.17, 15) is 22.8 Å². The van der Waals surface area contributed by atoms with Gasteiger partial charge in [0.2, 0.25) is 11.8 Å². The molecule has 1 unspecified atom stereocenters. The first-order chi connectivity index (χ1) is 14.6. The number of nitrogens with one attached hydrogen (secondary N) is 1. The summed E-state index contributed by atoms with van der Waals surface area (Å²) >= 11 is 6.02. The van der Waals surface area contributed by atoms with E-state index in [-0.39, 0.29) is 22.8 Å². The third-order valence-corrected chi connectivity index (χ3v) is 6.24. The predicted octanol–water partition coefficient (Wildman–Crippen LogP) is 3.74. The van der Waals surface area contributed by atoms with Crippen LogP contribution in [-0.4, -0.2) is 54.4 Å². The average molecular weight is 461 g/mol. The Bertz CT molecular complexity index is 797. The second-order valence-corrected chi connectivity index (χ2v) is 8.82. The lowest BCUT2D eigenvalue weighted by Crippen LogP contribution is -2.43. The first kappa shape index (κ1) is 23.6. The fourth-order valence-electron chi connectivity index (χ4n) is 4.18. The summed E-state index contributed by atoms with van der Waals surface area (Å²) in [5, 5.41) is 2.80. The van der Waals surface area contributed by atoms with Crippen molar-refractivity contribution in [2.45, 2.75) is 45.2 Å². The van der Waals surface area contributed by atoms with Crippen LogP contribution in [0.25, 0.3) is 0 Å². The number of hydrogen-bond donors (Lipinski definition) is 1. The third-order valence-electron chi connectivity index (χ3n) is 5.96. The highest BCUT2D eigenvalue weighted by molar-refractivity contribution is 6.33. The summed E-state index contributed by atoms with van der Waals surface area (Å²) in [6.45, 7) is 4.97. The molecule has 0 aliphatic carbocycles. The molecule has 31 heavy (non-hydrogen) atoms. The van der Waals surface area contributed by atoms with Gasteiger partial charge in [-0.1, -0.05) is 18.5 Å². The van der Waals surface area contributed by atoms with E-state index in [0.29, 0.717) is 50.6 Å². The number of anilines is 1. The Morgan fingerprint density at radius 2 is 1.94 bits per heavy atom. The molecule has 10 heteroatoms. The van der Waals surface area contributed by atoms with E-state index >= 15 is 0 Å². The van der Waals surface area contributed by atoms with Crippen LogP contribution in [0.5, 0.6) is 0 Å². The smallest absolute Gasteiger partial charge is 0.355 e. The number of rotatable bonds is 5. The lowest BCUT2D eigenvalue weighted by atomic mass is 9.96. The molecule has 2 amide bonds. The van der Waals surface area contributed by atoms with Crippen LogP contribution in [0.4, 0.5) is 19.0 Å². The Morgan fingerprint density at radius 3 is 2.55 bits per heavy atom. The van der Waals surface area contributed by atoms with E-state index in [1.807, 2.05) is 4.90 Å². The monoisotopic (exact) mass is 460 g/mol. The van der Waals surface area contributed by atoms with Crippen LogP contribution in [0, 0.1) is 11.8 Å². The number of halogens is 4. The lowest BCUT2D eigenvalue weighted by Gasteiger charge is -2.33. The van der Waals surface area contributed by atoms with E-state index in [1.54, 1.807) is 4.90 Å². The number of likely N-dealkylation sites (tertiary alicyclic amines) is 1. The number of alkyl halides is 3. The summed E-state index contributed by atoms with van der Waals surface area (Å²) in [5.41, 5.74) is -0.885. The van der Waals surface area contributed by atoms with E-state index in [4.69, 9.17) is 11.6 Å². The molecule has 2 aliphatic rings. The van der Waals surface area contributed by atoms with Gasteiger partial charge in [-0.15, -0.1) is 0 Å². The van der Waals surface area contributed by atoms with Gasteiger partial charge in [0.15, 0.2) is 0 Å². The minimum atomic E-state index is -4.49. The second kappa shape index (κ2) is 10.1. The summed E-state index contributed by atoms with van der Waals surface area (Å²) in [4.78, 5) is 32.3. The van der Waals surface area contributed by atoms with E-state index in [0.717, 1.165) is 38.2 Å². The summed E-state index contributed by atoms with van der Waals surface area (Å²) in [7, 11) is 0. The molecule has 1 aromatic rings. The maximum absolute atomic E-state index is 12.8. The van der Waals surface area contributed by atoms with Gasteiger partial charge in [0.1, 0.15) is 5.82 Å². The third kappa shape index (κ3) is 6.24. The first-order valence-electron chi connectivity index (χ1n) is 10.7. The first-order valence-corrected chi connectivity index (χ1v) is 11.1. The second-order valence-electron chi connectivity index (χ2n) is 8.42. The van der Waals surface area contributed by atoms with E-state index in [1.165, 1.54) is 0 Å². The molecule has 2 fully saturated rings. The van der Waals surface area contributed by atoms with Gasteiger partial charge < -0.3 is 15.1 Å². The molecule has 3 heterocycles. The molecule has 1 N–H and O–H groups in total. The molecule has 172 valence electrons. The highest BCUT2D eigenvalue weighted by atomic mass is 35.5. The number of carbonyl (C=O) groups excluding carboxylic acids is 2.